The quantitative estimate of drug-likeness (QED) is 0.552. The van der Waals surface area contributed by atoms with E-state index in [-0.39, 0.29) is 6.10 Å². The van der Waals surface area contributed by atoms with E-state index in [9.17, 15) is 0 Å². The van der Waals surface area contributed by atoms with Crippen molar-refractivity contribution in [1.82, 2.24) is 0 Å². The van der Waals surface area contributed by atoms with Crippen LogP contribution in [0.1, 0.15) is 75.7 Å². The van der Waals surface area contributed by atoms with Gasteiger partial charge < -0.3 is 9.47 Å². The van der Waals surface area contributed by atoms with E-state index in [0.717, 1.165) is 42.8 Å². The highest BCUT2D eigenvalue weighted by Crippen LogP contribution is 2.48. The number of hydrogen-bond acceptors (Lipinski definition) is 2. The summed E-state index contributed by atoms with van der Waals surface area (Å²) in [5.74, 6) is 4.30. The first-order valence-corrected chi connectivity index (χ1v) is 11.8. The van der Waals surface area contributed by atoms with Gasteiger partial charge in [-0.1, -0.05) is 64.3 Å². The van der Waals surface area contributed by atoms with E-state index >= 15 is 0 Å². The molecule has 0 bridgehead atoms. The van der Waals surface area contributed by atoms with Crippen molar-refractivity contribution in [3.8, 4) is 11.5 Å². The molecule has 2 aromatic carbocycles. The number of hydrogen-bond donors (Lipinski definition) is 0. The highest BCUT2D eigenvalue weighted by molar-refractivity contribution is 5.42. The topological polar surface area (TPSA) is 18.5 Å². The Bertz CT molecular complexity index is 812. The van der Waals surface area contributed by atoms with E-state index in [4.69, 9.17) is 9.47 Å². The van der Waals surface area contributed by atoms with E-state index in [1.165, 1.54) is 48.8 Å². The Morgan fingerprint density at radius 1 is 0.966 bits per heavy atom. The fourth-order valence-corrected chi connectivity index (χ4v) is 5.58. The van der Waals surface area contributed by atoms with Gasteiger partial charge in [0.2, 0.25) is 0 Å². The van der Waals surface area contributed by atoms with Crippen molar-refractivity contribution in [2.24, 2.45) is 17.8 Å². The minimum atomic E-state index is 0.194. The lowest BCUT2D eigenvalue weighted by molar-refractivity contribution is 0.0815. The summed E-state index contributed by atoms with van der Waals surface area (Å²) in [7, 11) is 0. The van der Waals surface area contributed by atoms with Gasteiger partial charge in [-0.15, -0.1) is 0 Å². The van der Waals surface area contributed by atoms with Crippen molar-refractivity contribution in [1.29, 1.82) is 0 Å². The zero-order chi connectivity index (χ0) is 20.2. The molecule has 0 radical (unpaired) electrons. The Morgan fingerprint density at radius 2 is 1.83 bits per heavy atom. The summed E-state index contributed by atoms with van der Waals surface area (Å²) in [6.45, 7) is 7.26. The van der Waals surface area contributed by atoms with Crippen LogP contribution in [0.5, 0.6) is 11.5 Å². The summed E-state index contributed by atoms with van der Waals surface area (Å²) in [6.07, 6.45) is 9.06. The van der Waals surface area contributed by atoms with Crippen LogP contribution in [0, 0.1) is 17.8 Å². The van der Waals surface area contributed by atoms with E-state index in [0.29, 0.717) is 5.92 Å². The fourth-order valence-electron chi connectivity index (χ4n) is 5.58. The van der Waals surface area contributed by atoms with Crippen LogP contribution in [-0.2, 0) is 12.8 Å². The molecule has 1 aliphatic heterocycles. The maximum Gasteiger partial charge on any atom is 0.127 e. The maximum atomic E-state index is 6.71. The molecule has 2 aromatic rings. The summed E-state index contributed by atoms with van der Waals surface area (Å²) >= 11 is 0. The molecule has 1 saturated carbocycles. The smallest absolute Gasteiger partial charge is 0.127 e. The van der Waals surface area contributed by atoms with E-state index in [2.05, 4.69) is 49.4 Å². The van der Waals surface area contributed by atoms with Gasteiger partial charge in [-0.05, 0) is 72.4 Å². The minimum Gasteiger partial charge on any atom is -0.493 e. The average molecular weight is 393 g/mol. The second-order valence-corrected chi connectivity index (χ2v) is 8.86. The summed E-state index contributed by atoms with van der Waals surface area (Å²) in [4.78, 5) is 0. The van der Waals surface area contributed by atoms with Gasteiger partial charge in [0.25, 0.3) is 0 Å². The molecule has 0 aromatic heterocycles. The maximum absolute atomic E-state index is 6.71. The average Bonchev–Trinajstić information content (AvgIpc) is 3.14. The molecule has 0 saturated heterocycles. The Balaban J connectivity index is 0.000000994. The summed E-state index contributed by atoms with van der Waals surface area (Å²) in [6, 6.07) is 15.4. The predicted molar refractivity (Wildman–Crippen MR) is 120 cm³/mol. The highest BCUT2D eigenvalue weighted by Gasteiger charge is 2.40. The number of rotatable bonds is 3. The first kappa shape index (κ1) is 20.3. The zero-order valence-electron chi connectivity index (χ0n) is 18.3. The third-order valence-corrected chi connectivity index (χ3v) is 6.93. The second kappa shape index (κ2) is 9.24. The first-order chi connectivity index (χ1) is 14.3. The third-order valence-electron chi connectivity index (χ3n) is 6.93. The standard InChI is InChI=1S/C25H30O2.C2H6/c1-17-6-4-8-18(14-17)23-16-19-7-2-3-10-22(19)25(23)27-21-11-12-24-20(15-21)9-5-13-26-24;1-2/h2-3,7,10-12,15,17-18,23,25H,4-6,8-9,13-14,16H2,1H3;1-2H3/t17-,18?,23+,25-;/m1./s1. The van der Waals surface area contributed by atoms with Gasteiger partial charge >= 0.3 is 0 Å². The summed E-state index contributed by atoms with van der Waals surface area (Å²) in [5, 5.41) is 0. The van der Waals surface area contributed by atoms with Crippen LogP contribution in [0.4, 0.5) is 0 Å². The van der Waals surface area contributed by atoms with Gasteiger partial charge in [0.1, 0.15) is 17.6 Å². The molecular weight excluding hydrogens is 356 g/mol. The van der Waals surface area contributed by atoms with Gasteiger partial charge in [-0.25, -0.2) is 0 Å². The van der Waals surface area contributed by atoms with Gasteiger partial charge in [0.05, 0.1) is 6.61 Å². The molecule has 5 rings (SSSR count). The second-order valence-electron chi connectivity index (χ2n) is 8.86. The minimum absolute atomic E-state index is 0.194. The highest BCUT2D eigenvalue weighted by atomic mass is 16.5. The molecule has 1 fully saturated rings. The van der Waals surface area contributed by atoms with Crippen molar-refractivity contribution < 1.29 is 9.47 Å². The van der Waals surface area contributed by atoms with Crippen molar-refractivity contribution in [2.75, 3.05) is 6.61 Å². The molecule has 0 spiro atoms. The normalized spacial score (nSPS) is 27.7. The molecule has 4 atom stereocenters. The molecule has 1 heterocycles. The molecule has 3 aliphatic rings. The lowest BCUT2D eigenvalue weighted by atomic mass is 9.74. The van der Waals surface area contributed by atoms with E-state index in [1.807, 2.05) is 13.8 Å². The molecule has 2 heteroatoms. The Kier molecular flexibility index (Phi) is 6.47. The van der Waals surface area contributed by atoms with E-state index in [1.54, 1.807) is 0 Å². The molecule has 2 nitrogen and oxygen atoms in total. The molecule has 1 unspecified atom stereocenters. The Hall–Kier alpha value is -1.96. The number of ether oxygens (including phenoxy) is 2. The van der Waals surface area contributed by atoms with Gasteiger partial charge in [-0.3, -0.25) is 0 Å². The largest absolute Gasteiger partial charge is 0.493 e. The van der Waals surface area contributed by atoms with Gasteiger partial charge in [0.15, 0.2) is 0 Å². The van der Waals surface area contributed by atoms with Crippen LogP contribution < -0.4 is 9.47 Å². The van der Waals surface area contributed by atoms with Crippen LogP contribution in [0.15, 0.2) is 42.5 Å². The zero-order valence-corrected chi connectivity index (χ0v) is 18.3. The molecule has 29 heavy (non-hydrogen) atoms. The van der Waals surface area contributed by atoms with Gasteiger partial charge in [0, 0.05) is 5.92 Å². The number of benzene rings is 2. The van der Waals surface area contributed by atoms with Crippen LogP contribution in [0.2, 0.25) is 0 Å². The first-order valence-electron chi connectivity index (χ1n) is 11.8. The van der Waals surface area contributed by atoms with Crippen LogP contribution in [0.25, 0.3) is 0 Å². The molecule has 0 N–H and O–H groups in total. The number of aryl methyl sites for hydroxylation is 1. The fraction of sp³-hybridized carbons (Fsp3) is 0.556. The van der Waals surface area contributed by atoms with Crippen molar-refractivity contribution in [3.63, 3.8) is 0 Å². The monoisotopic (exact) mass is 392 g/mol. The van der Waals surface area contributed by atoms with Crippen molar-refractivity contribution >= 4 is 0 Å². The molecular formula is C27H36O2. The van der Waals surface area contributed by atoms with Crippen molar-refractivity contribution in [2.45, 2.75) is 71.8 Å². The Labute approximate surface area is 176 Å². The lowest BCUT2D eigenvalue weighted by Crippen LogP contribution is -2.27. The van der Waals surface area contributed by atoms with Crippen molar-refractivity contribution in [3.05, 3.63) is 59.2 Å². The van der Waals surface area contributed by atoms with E-state index < -0.39 is 0 Å². The molecule has 0 amide bonds. The van der Waals surface area contributed by atoms with Crippen LogP contribution in [0.3, 0.4) is 0 Å². The van der Waals surface area contributed by atoms with Crippen LogP contribution in [-0.4, -0.2) is 6.61 Å². The lowest BCUT2D eigenvalue weighted by Gasteiger charge is -2.34. The van der Waals surface area contributed by atoms with Crippen LogP contribution >= 0.6 is 0 Å². The summed E-state index contributed by atoms with van der Waals surface area (Å²) in [5.41, 5.74) is 4.20. The number of fused-ring (bicyclic) bond motifs is 2. The SMILES string of the molecule is CC.C[C@@H]1CCCC([C@@H]2Cc3ccccc3[C@H]2Oc2ccc3c(c2)CCCO3)C1. The Morgan fingerprint density at radius 3 is 2.69 bits per heavy atom. The summed E-state index contributed by atoms with van der Waals surface area (Å²) < 4.78 is 12.5. The third kappa shape index (κ3) is 4.32. The molecule has 156 valence electrons. The molecule has 2 aliphatic carbocycles. The predicted octanol–water partition coefficient (Wildman–Crippen LogP) is 7.16. The van der Waals surface area contributed by atoms with Gasteiger partial charge in [-0.2, -0.15) is 0 Å².